The van der Waals surface area contributed by atoms with Gasteiger partial charge in [-0.3, -0.25) is 9.59 Å². The van der Waals surface area contributed by atoms with Crippen LogP contribution in [0.3, 0.4) is 0 Å². The number of benzene rings is 3. The Bertz CT molecular complexity index is 1320. The molecule has 0 N–H and O–H groups in total. The van der Waals surface area contributed by atoms with Crippen LogP contribution in [0.4, 0.5) is 4.39 Å². The van der Waals surface area contributed by atoms with E-state index in [4.69, 9.17) is 0 Å². The lowest BCUT2D eigenvalue weighted by molar-refractivity contribution is -0.141. The summed E-state index contributed by atoms with van der Waals surface area (Å²) in [5.41, 5.74) is 4.09. The van der Waals surface area contributed by atoms with Gasteiger partial charge in [-0.1, -0.05) is 79.7 Å². The van der Waals surface area contributed by atoms with E-state index in [1.165, 1.54) is 12.1 Å². The third-order valence-electron chi connectivity index (χ3n) is 6.75. The molecule has 1 aromatic heterocycles. The Morgan fingerprint density at radius 2 is 1.38 bits per heavy atom. The van der Waals surface area contributed by atoms with E-state index in [0.29, 0.717) is 39.0 Å². The summed E-state index contributed by atoms with van der Waals surface area (Å²) < 4.78 is 15.5. The Balaban J connectivity index is 1.48. The molecule has 0 fully saturated rings. The SMILES string of the molecule is CCCN(CC(=O)N(Cc1ccccc1)Cc1cccn1Cc1ccc(F)cc1)C(=O)CCc1ccccc1. The van der Waals surface area contributed by atoms with Gasteiger partial charge in [-0.25, -0.2) is 4.39 Å². The Hall–Kier alpha value is -4.19. The van der Waals surface area contributed by atoms with E-state index in [-0.39, 0.29) is 24.2 Å². The van der Waals surface area contributed by atoms with Gasteiger partial charge in [-0.2, -0.15) is 0 Å². The lowest BCUT2D eigenvalue weighted by Gasteiger charge is -2.28. The molecule has 0 aliphatic rings. The van der Waals surface area contributed by atoms with Crippen molar-refractivity contribution < 1.29 is 14.0 Å². The minimum atomic E-state index is -0.263. The van der Waals surface area contributed by atoms with Gasteiger partial charge in [0, 0.05) is 37.9 Å². The molecule has 6 heteroatoms. The average molecular weight is 526 g/mol. The molecule has 2 amide bonds. The largest absolute Gasteiger partial charge is 0.345 e. The summed E-state index contributed by atoms with van der Waals surface area (Å²) in [6.07, 6.45) is 3.78. The molecular weight excluding hydrogens is 489 g/mol. The number of hydrogen-bond donors (Lipinski definition) is 0. The van der Waals surface area contributed by atoms with E-state index in [1.54, 1.807) is 17.0 Å². The molecule has 202 valence electrons. The van der Waals surface area contributed by atoms with Gasteiger partial charge in [0.2, 0.25) is 11.8 Å². The number of halogens is 1. The van der Waals surface area contributed by atoms with E-state index in [0.717, 1.165) is 28.8 Å². The van der Waals surface area contributed by atoms with Crippen LogP contribution in [0, 0.1) is 5.82 Å². The molecule has 0 aliphatic carbocycles. The van der Waals surface area contributed by atoms with Crippen LogP contribution in [0.1, 0.15) is 42.1 Å². The number of carbonyl (C=O) groups excluding carboxylic acids is 2. The fourth-order valence-electron chi connectivity index (χ4n) is 4.64. The standard InChI is InChI=1S/C33H36FN3O2/c1-2-21-36(32(38)20-17-27-10-5-3-6-11-27)26-33(39)37(24-28-12-7-4-8-13-28)25-31-14-9-22-35(31)23-29-15-18-30(34)19-16-29/h3-16,18-19,22H,2,17,20-21,23-26H2,1H3. The fraction of sp³-hybridized carbons (Fsp3) is 0.273. The summed E-state index contributed by atoms with van der Waals surface area (Å²) in [4.78, 5) is 30.4. The van der Waals surface area contributed by atoms with Gasteiger partial charge in [0.25, 0.3) is 0 Å². The molecule has 0 aliphatic heterocycles. The van der Waals surface area contributed by atoms with Crippen molar-refractivity contribution in [1.82, 2.24) is 14.4 Å². The number of carbonyl (C=O) groups is 2. The molecule has 5 nitrogen and oxygen atoms in total. The molecule has 0 saturated heterocycles. The minimum Gasteiger partial charge on any atom is -0.345 e. The average Bonchev–Trinajstić information content (AvgIpc) is 3.39. The number of nitrogens with zero attached hydrogens (tertiary/aromatic N) is 3. The van der Waals surface area contributed by atoms with Gasteiger partial charge in [0.1, 0.15) is 5.82 Å². The van der Waals surface area contributed by atoms with Crippen LogP contribution in [0.5, 0.6) is 0 Å². The lowest BCUT2D eigenvalue weighted by atomic mass is 10.1. The van der Waals surface area contributed by atoms with Crippen LogP contribution in [-0.2, 0) is 35.6 Å². The summed E-state index contributed by atoms with van der Waals surface area (Å²) >= 11 is 0. The molecule has 0 radical (unpaired) electrons. The molecule has 4 rings (SSSR count). The quantitative estimate of drug-likeness (QED) is 0.213. The molecule has 0 bridgehead atoms. The van der Waals surface area contributed by atoms with E-state index in [2.05, 4.69) is 4.57 Å². The monoisotopic (exact) mass is 525 g/mol. The first kappa shape index (κ1) is 27.8. The zero-order chi connectivity index (χ0) is 27.5. The Morgan fingerprint density at radius 1 is 0.718 bits per heavy atom. The van der Waals surface area contributed by atoms with Crippen LogP contribution < -0.4 is 0 Å². The number of rotatable bonds is 13. The van der Waals surface area contributed by atoms with Gasteiger partial charge in [0.05, 0.1) is 13.1 Å². The molecule has 0 spiro atoms. The van der Waals surface area contributed by atoms with Gasteiger partial charge in [-0.15, -0.1) is 0 Å². The summed E-state index contributed by atoms with van der Waals surface area (Å²) in [5.74, 6) is -0.357. The highest BCUT2D eigenvalue weighted by Crippen LogP contribution is 2.15. The molecular formula is C33H36FN3O2. The highest BCUT2D eigenvalue weighted by atomic mass is 19.1. The van der Waals surface area contributed by atoms with Crippen LogP contribution in [0.2, 0.25) is 0 Å². The first-order chi connectivity index (χ1) is 19.0. The zero-order valence-corrected chi connectivity index (χ0v) is 22.5. The van der Waals surface area contributed by atoms with Crippen LogP contribution in [0.25, 0.3) is 0 Å². The van der Waals surface area contributed by atoms with Crippen molar-refractivity contribution >= 4 is 11.8 Å². The number of hydrogen-bond acceptors (Lipinski definition) is 2. The first-order valence-corrected chi connectivity index (χ1v) is 13.5. The third-order valence-corrected chi connectivity index (χ3v) is 6.75. The molecule has 1 heterocycles. The molecule has 3 aromatic carbocycles. The molecule has 0 saturated carbocycles. The number of amides is 2. The third kappa shape index (κ3) is 8.40. The summed E-state index contributed by atoms with van der Waals surface area (Å²) in [6, 6.07) is 30.3. The van der Waals surface area contributed by atoms with Crippen LogP contribution in [-0.4, -0.2) is 39.3 Å². The van der Waals surface area contributed by atoms with Gasteiger partial charge in [-0.05, 0) is 53.8 Å². The van der Waals surface area contributed by atoms with Crippen molar-refractivity contribution in [3.63, 3.8) is 0 Å². The molecule has 39 heavy (non-hydrogen) atoms. The fourth-order valence-corrected chi connectivity index (χ4v) is 4.64. The number of aryl methyl sites for hydroxylation is 1. The highest BCUT2D eigenvalue weighted by Gasteiger charge is 2.22. The van der Waals surface area contributed by atoms with Crippen LogP contribution in [0.15, 0.2) is 103 Å². The summed E-state index contributed by atoms with van der Waals surface area (Å²) in [6.45, 7) is 4.04. The van der Waals surface area contributed by atoms with Gasteiger partial charge >= 0.3 is 0 Å². The first-order valence-electron chi connectivity index (χ1n) is 13.5. The van der Waals surface area contributed by atoms with E-state index < -0.39 is 0 Å². The summed E-state index contributed by atoms with van der Waals surface area (Å²) in [5, 5.41) is 0. The predicted molar refractivity (Wildman–Crippen MR) is 152 cm³/mol. The maximum absolute atomic E-state index is 13.7. The maximum Gasteiger partial charge on any atom is 0.242 e. The van der Waals surface area contributed by atoms with E-state index in [1.807, 2.05) is 90.8 Å². The van der Waals surface area contributed by atoms with Gasteiger partial charge in [0.15, 0.2) is 0 Å². The maximum atomic E-state index is 13.7. The Labute approximate surface area is 230 Å². The van der Waals surface area contributed by atoms with Crippen molar-refractivity contribution in [3.05, 3.63) is 131 Å². The van der Waals surface area contributed by atoms with Crippen molar-refractivity contribution in [2.45, 2.75) is 45.8 Å². The Morgan fingerprint density at radius 3 is 2.05 bits per heavy atom. The Kier molecular flexibility index (Phi) is 10.1. The summed E-state index contributed by atoms with van der Waals surface area (Å²) in [7, 11) is 0. The normalized spacial score (nSPS) is 10.8. The second kappa shape index (κ2) is 14.1. The zero-order valence-electron chi connectivity index (χ0n) is 22.5. The second-order valence-corrected chi connectivity index (χ2v) is 9.79. The molecule has 4 aromatic rings. The van der Waals surface area contributed by atoms with Crippen molar-refractivity contribution in [3.8, 4) is 0 Å². The van der Waals surface area contributed by atoms with Crippen molar-refractivity contribution in [2.24, 2.45) is 0 Å². The second-order valence-electron chi connectivity index (χ2n) is 9.79. The lowest BCUT2D eigenvalue weighted by Crippen LogP contribution is -2.43. The predicted octanol–water partition coefficient (Wildman–Crippen LogP) is 6.08. The number of aromatic nitrogens is 1. The topological polar surface area (TPSA) is 45.6 Å². The van der Waals surface area contributed by atoms with Crippen molar-refractivity contribution in [1.29, 1.82) is 0 Å². The van der Waals surface area contributed by atoms with Crippen molar-refractivity contribution in [2.75, 3.05) is 13.1 Å². The molecule has 0 atom stereocenters. The van der Waals surface area contributed by atoms with E-state index >= 15 is 0 Å². The minimum absolute atomic E-state index is 0.00611. The highest BCUT2D eigenvalue weighted by molar-refractivity contribution is 5.85. The smallest absolute Gasteiger partial charge is 0.242 e. The van der Waals surface area contributed by atoms with E-state index in [9.17, 15) is 14.0 Å². The van der Waals surface area contributed by atoms with Gasteiger partial charge < -0.3 is 14.4 Å². The van der Waals surface area contributed by atoms with Crippen LogP contribution >= 0.6 is 0 Å². The molecule has 0 unspecified atom stereocenters.